The number of aliphatic carboxylic acids is 1. The van der Waals surface area contributed by atoms with Crippen molar-refractivity contribution in [3.8, 4) is 11.1 Å². The second kappa shape index (κ2) is 6.04. The molecule has 0 aromatic heterocycles. The van der Waals surface area contributed by atoms with Crippen molar-refractivity contribution in [3.63, 3.8) is 0 Å². The molecule has 1 fully saturated rings. The second-order valence-electron chi connectivity index (χ2n) is 5.47. The van der Waals surface area contributed by atoms with Crippen molar-refractivity contribution in [2.45, 2.75) is 12.5 Å². The average molecular weight is 309 g/mol. The van der Waals surface area contributed by atoms with Crippen LogP contribution in [-0.2, 0) is 9.59 Å². The van der Waals surface area contributed by atoms with E-state index in [0.29, 0.717) is 5.56 Å². The van der Waals surface area contributed by atoms with Crippen LogP contribution in [0.5, 0.6) is 0 Å². The lowest BCUT2D eigenvalue weighted by molar-refractivity contribution is -0.141. The van der Waals surface area contributed by atoms with Crippen LogP contribution in [0.25, 0.3) is 11.1 Å². The number of ketones is 1. The van der Waals surface area contributed by atoms with Gasteiger partial charge in [0.1, 0.15) is 6.04 Å². The maximum Gasteiger partial charge on any atom is 0.326 e. The van der Waals surface area contributed by atoms with Crippen LogP contribution in [0.2, 0.25) is 0 Å². The van der Waals surface area contributed by atoms with Crippen LogP contribution in [0.15, 0.2) is 54.6 Å². The van der Waals surface area contributed by atoms with Crippen LogP contribution in [0.1, 0.15) is 16.8 Å². The number of rotatable bonds is 3. The molecule has 0 radical (unpaired) electrons. The Bertz CT molecular complexity index is 752. The van der Waals surface area contributed by atoms with Gasteiger partial charge in [0, 0.05) is 12.0 Å². The molecule has 2 aromatic carbocycles. The van der Waals surface area contributed by atoms with E-state index in [1.807, 2.05) is 42.5 Å². The molecule has 0 unspecified atom stereocenters. The van der Waals surface area contributed by atoms with Gasteiger partial charge in [-0.25, -0.2) is 4.79 Å². The van der Waals surface area contributed by atoms with Crippen molar-refractivity contribution in [1.82, 2.24) is 4.90 Å². The van der Waals surface area contributed by atoms with E-state index in [1.165, 1.54) is 0 Å². The molecule has 1 atom stereocenters. The summed E-state index contributed by atoms with van der Waals surface area (Å²) in [7, 11) is 0. The van der Waals surface area contributed by atoms with E-state index in [1.54, 1.807) is 12.1 Å². The predicted molar refractivity (Wildman–Crippen MR) is 84.0 cm³/mol. The van der Waals surface area contributed by atoms with Crippen LogP contribution in [0.4, 0.5) is 0 Å². The van der Waals surface area contributed by atoms with Crippen LogP contribution >= 0.6 is 0 Å². The van der Waals surface area contributed by atoms with E-state index in [9.17, 15) is 14.4 Å². The van der Waals surface area contributed by atoms with E-state index in [-0.39, 0.29) is 18.7 Å². The smallest absolute Gasteiger partial charge is 0.326 e. The number of hydrogen-bond acceptors (Lipinski definition) is 3. The number of amides is 1. The summed E-state index contributed by atoms with van der Waals surface area (Å²) in [4.78, 5) is 36.3. The lowest BCUT2D eigenvalue weighted by Crippen LogP contribution is -2.40. The summed E-state index contributed by atoms with van der Waals surface area (Å²) in [6.45, 7) is -0.143. The molecule has 1 aliphatic rings. The van der Waals surface area contributed by atoms with Crippen molar-refractivity contribution in [2.75, 3.05) is 6.54 Å². The largest absolute Gasteiger partial charge is 0.480 e. The fraction of sp³-hybridized carbons (Fsp3) is 0.167. The molecule has 5 heteroatoms. The Labute approximate surface area is 133 Å². The van der Waals surface area contributed by atoms with E-state index in [4.69, 9.17) is 5.11 Å². The minimum atomic E-state index is -1.15. The highest BCUT2D eigenvalue weighted by molar-refractivity contribution is 6.03. The number of carbonyl (C=O) groups excluding carboxylic acids is 2. The summed E-state index contributed by atoms with van der Waals surface area (Å²) in [5.41, 5.74) is 2.38. The first-order valence-electron chi connectivity index (χ1n) is 7.27. The normalized spacial score (nSPS) is 17.3. The number of carbonyl (C=O) groups is 3. The molecule has 23 heavy (non-hydrogen) atoms. The van der Waals surface area contributed by atoms with Crippen molar-refractivity contribution in [1.29, 1.82) is 0 Å². The Morgan fingerprint density at radius 3 is 2.17 bits per heavy atom. The Balaban J connectivity index is 1.83. The molecule has 0 spiro atoms. The number of Topliss-reactive ketones (excluding diaryl/α,β-unsaturated/α-hetero) is 1. The van der Waals surface area contributed by atoms with Gasteiger partial charge in [0.2, 0.25) is 0 Å². The number of carboxylic acid groups (broad SMARTS) is 1. The van der Waals surface area contributed by atoms with Crippen LogP contribution in [0.3, 0.4) is 0 Å². The van der Waals surface area contributed by atoms with Crippen molar-refractivity contribution in [2.24, 2.45) is 0 Å². The van der Waals surface area contributed by atoms with Crippen molar-refractivity contribution < 1.29 is 19.5 Å². The van der Waals surface area contributed by atoms with Gasteiger partial charge in [-0.15, -0.1) is 0 Å². The van der Waals surface area contributed by atoms with Gasteiger partial charge in [0.05, 0.1) is 6.54 Å². The fourth-order valence-corrected chi connectivity index (χ4v) is 2.73. The fourth-order valence-electron chi connectivity index (χ4n) is 2.73. The summed E-state index contributed by atoms with van der Waals surface area (Å²) in [6.07, 6.45) is -0.122. The summed E-state index contributed by atoms with van der Waals surface area (Å²) in [5.74, 6) is -1.81. The lowest BCUT2D eigenvalue weighted by Gasteiger charge is -2.20. The molecule has 2 aromatic rings. The topological polar surface area (TPSA) is 74.7 Å². The summed E-state index contributed by atoms with van der Waals surface area (Å²) in [5, 5.41) is 9.14. The zero-order valence-electron chi connectivity index (χ0n) is 12.3. The molecular formula is C18H15NO4. The minimum Gasteiger partial charge on any atom is -0.480 e. The molecule has 1 amide bonds. The number of nitrogens with zero attached hydrogens (tertiary/aromatic N) is 1. The predicted octanol–water partition coefficient (Wildman–Crippen LogP) is 2.22. The highest BCUT2D eigenvalue weighted by Crippen LogP contribution is 2.22. The number of carboxylic acids is 1. The number of hydrogen-bond donors (Lipinski definition) is 1. The molecule has 1 aliphatic heterocycles. The molecule has 1 N–H and O–H groups in total. The van der Waals surface area contributed by atoms with Crippen LogP contribution in [-0.4, -0.2) is 40.3 Å². The van der Waals surface area contributed by atoms with E-state index in [2.05, 4.69) is 0 Å². The molecule has 1 saturated heterocycles. The van der Waals surface area contributed by atoms with Gasteiger partial charge in [-0.1, -0.05) is 42.5 Å². The molecule has 1 heterocycles. The molecular weight excluding hydrogens is 294 g/mol. The molecule has 5 nitrogen and oxygen atoms in total. The summed E-state index contributed by atoms with van der Waals surface area (Å²) < 4.78 is 0. The Kier molecular flexibility index (Phi) is 3.93. The van der Waals surface area contributed by atoms with Crippen LogP contribution < -0.4 is 0 Å². The number of likely N-dealkylation sites (tertiary alicyclic amines) is 1. The van der Waals surface area contributed by atoms with Gasteiger partial charge < -0.3 is 10.0 Å². The standard InChI is InChI=1S/C18H15NO4/c20-15-10-16(18(22)23)19(11-15)17(21)14-8-6-13(7-9-14)12-4-2-1-3-5-12/h1-9,16H,10-11H2,(H,22,23)/t16-/m0/s1. The minimum absolute atomic E-state index is 0.122. The zero-order valence-corrected chi connectivity index (χ0v) is 12.3. The average Bonchev–Trinajstić information content (AvgIpc) is 2.97. The highest BCUT2D eigenvalue weighted by atomic mass is 16.4. The lowest BCUT2D eigenvalue weighted by atomic mass is 10.0. The van der Waals surface area contributed by atoms with E-state index >= 15 is 0 Å². The first kappa shape index (κ1) is 15.0. The highest BCUT2D eigenvalue weighted by Gasteiger charge is 2.39. The first-order valence-corrected chi connectivity index (χ1v) is 7.27. The molecule has 3 rings (SSSR count). The monoisotopic (exact) mass is 309 g/mol. The molecule has 0 aliphatic carbocycles. The first-order chi connectivity index (χ1) is 11.1. The van der Waals surface area contributed by atoms with E-state index < -0.39 is 17.9 Å². The van der Waals surface area contributed by atoms with Crippen LogP contribution in [0, 0.1) is 0 Å². The Hall–Kier alpha value is -2.95. The molecule has 0 saturated carbocycles. The maximum atomic E-state index is 12.5. The van der Waals surface area contributed by atoms with E-state index in [0.717, 1.165) is 16.0 Å². The SMILES string of the molecule is O=C1C[C@@H](C(=O)O)N(C(=O)c2ccc(-c3ccccc3)cc2)C1. The quantitative estimate of drug-likeness (QED) is 0.943. The maximum absolute atomic E-state index is 12.5. The summed E-state index contributed by atoms with van der Waals surface area (Å²) >= 11 is 0. The second-order valence-corrected chi connectivity index (χ2v) is 5.47. The van der Waals surface area contributed by atoms with Gasteiger partial charge in [0.25, 0.3) is 5.91 Å². The summed E-state index contributed by atoms with van der Waals surface area (Å²) in [6, 6.07) is 15.6. The molecule has 0 bridgehead atoms. The Morgan fingerprint density at radius 1 is 0.957 bits per heavy atom. The van der Waals surface area contributed by atoms with Crippen molar-refractivity contribution in [3.05, 3.63) is 60.2 Å². The van der Waals surface area contributed by atoms with Gasteiger partial charge in [0.15, 0.2) is 5.78 Å². The molecule has 116 valence electrons. The third-order valence-electron chi connectivity index (χ3n) is 3.93. The number of benzene rings is 2. The van der Waals surface area contributed by atoms with Gasteiger partial charge in [-0.05, 0) is 23.3 Å². The van der Waals surface area contributed by atoms with Gasteiger partial charge in [-0.2, -0.15) is 0 Å². The van der Waals surface area contributed by atoms with Gasteiger partial charge >= 0.3 is 5.97 Å². The third-order valence-corrected chi connectivity index (χ3v) is 3.93. The Morgan fingerprint density at radius 2 is 1.57 bits per heavy atom. The zero-order chi connectivity index (χ0) is 16.4. The van der Waals surface area contributed by atoms with Gasteiger partial charge in [-0.3, -0.25) is 9.59 Å². The third kappa shape index (κ3) is 2.99. The van der Waals surface area contributed by atoms with Crippen molar-refractivity contribution >= 4 is 17.7 Å².